The van der Waals surface area contributed by atoms with Gasteiger partial charge in [-0.3, -0.25) is 4.57 Å². The lowest BCUT2D eigenvalue weighted by atomic mass is 10.2. The van der Waals surface area contributed by atoms with Gasteiger partial charge in [-0.25, -0.2) is 4.98 Å². The molecule has 0 saturated heterocycles. The van der Waals surface area contributed by atoms with Crippen LogP contribution in [-0.2, 0) is 0 Å². The third kappa shape index (κ3) is 2.85. The van der Waals surface area contributed by atoms with Crippen molar-refractivity contribution in [2.75, 3.05) is 0 Å². The number of hydrogen-bond donors (Lipinski definition) is 0. The van der Waals surface area contributed by atoms with Gasteiger partial charge in [0, 0.05) is 11.6 Å². The molecule has 0 amide bonds. The smallest absolute Gasteiger partial charge is 0.203 e. The average molecular weight is 381 g/mol. The van der Waals surface area contributed by atoms with Gasteiger partial charge in [0.25, 0.3) is 0 Å². The number of aryl methyl sites for hydroxylation is 1. The fourth-order valence-electron chi connectivity index (χ4n) is 2.78. The highest BCUT2D eigenvalue weighted by Gasteiger charge is 2.28. The summed E-state index contributed by atoms with van der Waals surface area (Å²) in [4.78, 5) is 4.66. The van der Waals surface area contributed by atoms with Crippen molar-refractivity contribution in [2.24, 2.45) is 0 Å². The third-order valence-corrected chi connectivity index (χ3v) is 6.00. The molecule has 0 radical (unpaired) electrons. The van der Waals surface area contributed by atoms with Gasteiger partial charge in [0.1, 0.15) is 11.6 Å². The van der Waals surface area contributed by atoms with Gasteiger partial charge in [-0.15, -0.1) is 10.2 Å². The fourth-order valence-corrected chi connectivity index (χ4v) is 4.42. The molecule has 5 rings (SSSR count). The number of nitrogens with zero attached hydrogens (tertiary/aromatic N) is 5. The van der Waals surface area contributed by atoms with Gasteiger partial charge in [0.05, 0.1) is 11.8 Å². The topological polar surface area (TPSA) is 69.6 Å². The number of aromatic nitrogens is 5. The summed E-state index contributed by atoms with van der Waals surface area (Å²) in [5, 5.41) is 9.63. The van der Waals surface area contributed by atoms with E-state index < -0.39 is 0 Å². The third-order valence-electron chi connectivity index (χ3n) is 4.29. The van der Waals surface area contributed by atoms with Crippen molar-refractivity contribution in [1.82, 2.24) is 24.1 Å². The number of rotatable bonds is 5. The van der Waals surface area contributed by atoms with Crippen molar-refractivity contribution in [3.05, 3.63) is 54.2 Å². The van der Waals surface area contributed by atoms with Crippen LogP contribution >= 0.6 is 23.3 Å². The highest BCUT2D eigenvalue weighted by atomic mass is 32.2. The van der Waals surface area contributed by atoms with Crippen molar-refractivity contribution in [2.45, 2.75) is 35.2 Å². The number of furan rings is 1. The SMILES string of the molecule is Cc1occc1-c1nnc(Sc2nc(C3CC3)ns2)n1-c1ccccc1. The molecular formula is C18H15N5OS2. The quantitative estimate of drug-likeness (QED) is 0.498. The molecule has 130 valence electrons. The molecule has 1 saturated carbocycles. The first-order valence-corrected chi connectivity index (χ1v) is 9.95. The van der Waals surface area contributed by atoms with Crippen LogP contribution in [-0.4, -0.2) is 24.1 Å². The van der Waals surface area contributed by atoms with Gasteiger partial charge in [-0.05, 0) is 61.3 Å². The summed E-state index contributed by atoms with van der Waals surface area (Å²) in [6, 6.07) is 12.0. The molecular weight excluding hydrogens is 366 g/mol. The zero-order valence-electron chi connectivity index (χ0n) is 14.0. The summed E-state index contributed by atoms with van der Waals surface area (Å²) in [7, 11) is 0. The largest absolute Gasteiger partial charge is 0.469 e. The highest BCUT2D eigenvalue weighted by Crippen LogP contribution is 2.41. The van der Waals surface area contributed by atoms with Gasteiger partial charge >= 0.3 is 0 Å². The zero-order valence-corrected chi connectivity index (χ0v) is 15.6. The van der Waals surface area contributed by atoms with E-state index in [4.69, 9.17) is 4.42 Å². The second-order valence-corrected chi connectivity index (χ2v) is 8.13. The molecule has 0 spiro atoms. The maximum Gasteiger partial charge on any atom is 0.203 e. The maximum absolute atomic E-state index is 5.47. The molecule has 0 atom stereocenters. The number of para-hydroxylation sites is 1. The van der Waals surface area contributed by atoms with Crippen molar-refractivity contribution in [3.8, 4) is 17.1 Å². The predicted molar refractivity (Wildman–Crippen MR) is 99.8 cm³/mol. The lowest BCUT2D eigenvalue weighted by Gasteiger charge is -2.08. The molecule has 3 heterocycles. The summed E-state index contributed by atoms with van der Waals surface area (Å²) in [6.45, 7) is 1.93. The molecule has 4 aromatic rings. The van der Waals surface area contributed by atoms with Crippen LogP contribution < -0.4 is 0 Å². The van der Waals surface area contributed by atoms with Crippen LogP contribution in [0.25, 0.3) is 17.1 Å². The minimum atomic E-state index is 0.553. The van der Waals surface area contributed by atoms with Gasteiger partial charge in [0.15, 0.2) is 10.2 Å². The second-order valence-electron chi connectivity index (χ2n) is 6.16. The summed E-state index contributed by atoms with van der Waals surface area (Å²) in [6.07, 6.45) is 4.07. The van der Waals surface area contributed by atoms with E-state index in [1.165, 1.54) is 36.1 Å². The number of hydrogen-bond acceptors (Lipinski definition) is 7. The summed E-state index contributed by atoms with van der Waals surface area (Å²) < 4.78 is 12.9. The Balaban J connectivity index is 1.58. The maximum atomic E-state index is 5.47. The molecule has 3 aromatic heterocycles. The highest BCUT2D eigenvalue weighted by molar-refractivity contribution is 8.00. The Morgan fingerprint density at radius 3 is 2.73 bits per heavy atom. The van der Waals surface area contributed by atoms with E-state index in [-0.39, 0.29) is 0 Å². The molecule has 8 heteroatoms. The molecule has 1 fully saturated rings. The fraction of sp³-hybridized carbons (Fsp3) is 0.222. The van der Waals surface area contributed by atoms with E-state index in [2.05, 4.69) is 19.6 Å². The Kier molecular flexibility index (Phi) is 3.86. The van der Waals surface area contributed by atoms with E-state index in [0.29, 0.717) is 5.92 Å². The summed E-state index contributed by atoms with van der Waals surface area (Å²) in [5.74, 6) is 3.10. The predicted octanol–water partition coefficient (Wildman–Crippen LogP) is 4.72. The van der Waals surface area contributed by atoms with Crippen LogP contribution in [0.3, 0.4) is 0 Å². The van der Waals surface area contributed by atoms with Crippen LogP contribution in [0.2, 0.25) is 0 Å². The molecule has 1 aliphatic carbocycles. The second kappa shape index (κ2) is 6.37. The lowest BCUT2D eigenvalue weighted by Crippen LogP contribution is -1.99. The molecule has 0 aliphatic heterocycles. The van der Waals surface area contributed by atoms with Crippen LogP contribution in [0.4, 0.5) is 0 Å². The van der Waals surface area contributed by atoms with Gasteiger partial charge < -0.3 is 4.42 Å². The molecule has 1 aliphatic rings. The summed E-state index contributed by atoms with van der Waals surface area (Å²) >= 11 is 2.93. The Hall–Kier alpha value is -2.45. The van der Waals surface area contributed by atoms with Crippen molar-refractivity contribution < 1.29 is 4.42 Å². The molecule has 6 nitrogen and oxygen atoms in total. The first-order chi connectivity index (χ1) is 12.8. The minimum Gasteiger partial charge on any atom is -0.469 e. The molecule has 26 heavy (non-hydrogen) atoms. The van der Waals surface area contributed by atoms with E-state index in [0.717, 1.165) is 38.2 Å². The molecule has 0 unspecified atom stereocenters. The van der Waals surface area contributed by atoms with E-state index in [1.54, 1.807) is 6.26 Å². The molecule has 1 aromatic carbocycles. The van der Waals surface area contributed by atoms with Crippen molar-refractivity contribution in [1.29, 1.82) is 0 Å². The number of benzene rings is 1. The molecule has 0 bridgehead atoms. The zero-order chi connectivity index (χ0) is 17.5. The van der Waals surface area contributed by atoms with Gasteiger partial charge in [-0.1, -0.05) is 18.2 Å². The van der Waals surface area contributed by atoms with Crippen LogP contribution in [0.15, 0.2) is 56.6 Å². The van der Waals surface area contributed by atoms with E-state index >= 15 is 0 Å². The average Bonchev–Trinajstić information content (AvgIpc) is 3.06. The first kappa shape index (κ1) is 15.8. The Morgan fingerprint density at radius 2 is 2.00 bits per heavy atom. The normalized spacial score (nSPS) is 14.0. The monoisotopic (exact) mass is 381 g/mol. The van der Waals surface area contributed by atoms with E-state index in [9.17, 15) is 0 Å². The molecule has 0 N–H and O–H groups in total. The standard InChI is InChI=1S/C18H15N5OS2/c1-11-14(9-10-24-11)16-20-21-17(23(16)13-5-3-2-4-6-13)25-18-19-15(22-26-18)12-7-8-12/h2-6,9-10,12H,7-8H2,1H3. The van der Waals surface area contributed by atoms with Crippen LogP contribution in [0.5, 0.6) is 0 Å². The lowest BCUT2D eigenvalue weighted by molar-refractivity contribution is 0.535. The summed E-state index contributed by atoms with van der Waals surface area (Å²) in [5.41, 5.74) is 1.94. The van der Waals surface area contributed by atoms with Crippen molar-refractivity contribution >= 4 is 23.3 Å². The minimum absolute atomic E-state index is 0.553. The van der Waals surface area contributed by atoms with Gasteiger partial charge in [0.2, 0.25) is 5.16 Å². The van der Waals surface area contributed by atoms with E-state index in [1.807, 2.05) is 47.9 Å². The van der Waals surface area contributed by atoms with Crippen LogP contribution in [0, 0.1) is 6.92 Å². The Morgan fingerprint density at radius 1 is 1.15 bits per heavy atom. The van der Waals surface area contributed by atoms with Crippen molar-refractivity contribution in [3.63, 3.8) is 0 Å². The van der Waals surface area contributed by atoms with Crippen LogP contribution in [0.1, 0.15) is 30.3 Å². The Labute approximate surface area is 158 Å². The first-order valence-electron chi connectivity index (χ1n) is 8.36. The van der Waals surface area contributed by atoms with Gasteiger partial charge in [-0.2, -0.15) is 4.37 Å². The Bertz CT molecular complexity index is 1050.